The monoisotopic (exact) mass is 421 g/mol. The van der Waals surface area contributed by atoms with Gasteiger partial charge < -0.3 is 20.1 Å². The fraction of sp³-hybridized carbons (Fsp3) is 0.292. The minimum Gasteiger partial charge on any atom is -0.494 e. The molecule has 0 heterocycles. The Balaban J connectivity index is 2.18. The lowest BCUT2D eigenvalue weighted by Crippen LogP contribution is -2.28. The van der Waals surface area contributed by atoms with Crippen molar-refractivity contribution in [2.24, 2.45) is 0 Å². The van der Waals surface area contributed by atoms with Crippen molar-refractivity contribution in [3.63, 3.8) is 0 Å². The van der Waals surface area contributed by atoms with Gasteiger partial charge in [-0.1, -0.05) is 29.8 Å². The zero-order chi connectivity index (χ0) is 22.8. The highest BCUT2D eigenvalue weighted by molar-refractivity contribution is 5.99. The van der Waals surface area contributed by atoms with E-state index in [0.29, 0.717) is 23.6 Å². The first-order chi connectivity index (χ1) is 14.9. The molecule has 2 aromatic carbocycles. The fourth-order valence-corrected chi connectivity index (χ4v) is 2.94. The van der Waals surface area contributed by atoms with Crippen LogP contribution in [0.15, 0.2) is 54.2 Å². The highest BCUT2D eigenvalue weighted by atomic mass is 16.5. The Bertz CT molecular complexity index is 1010. The Labute approximate surface area is 182 Å². The molecule has 0 fully saturated rings. The van der Waals surface area contributed by atoms with Crippen molar-refractivity contribution in [1.29, 1.82) is 5.26 Å². The normalized spacial score (nSPS) is 11.8. The van der Waals surface area contributed by atoms with Crippen LogP contribution in [0.25, 0.3) is 0 Å². The Morgan fingerprint density at radius 1 is 1.16 bits per heavy atom. The van der Waals surface area contributed by atoms with Crippen LogP contribution in [0.4, 0.5) is 5.69 Å². The number of hydrogen-bond acceptors (Lipinski definition) is 6. The van der Waals surface area contributed by atoms with Crippen LogP contribution in [0.1, 0.15) is 48.3 Å². The lowest BCUT2D eigenvalue weighted by Gasteiger charge is -2.18. The number of nitrogens with zero attached hydrogens (tertiary/aromatic N) is 1. The van der Waals surface area contributed by atoms with Gasteiger partial charge in [-0.3, -0.25) is 4.79 Å². The van der Waals surface area contributed by atoms with Crippen LogP contribution >= 0.6 is 0 Å². The third-order valence-electron chi connectivity index (χ3n) is 4.44. The molecule has 7 nitrogen and oxygen atoms in total. The van der Waals surface area contributed by atoms with Gasteiger partial charge in [-0.05, 0) is 45.9 Å². The minimum atomic E-state index is -0.542. The molecule has 0 spiro atoms. The molecule has 1 amide bonds. The number of aryl methyl sites for hydroxylation is 1. The summed E-state index contributed by atoms with van der Waals surface area (Å²) in [6, 6.07) is 14.0. The quantitative estimate of drug-likeness (QED) is 0.356. The number of esters is 1. The summed E-state index contributed by atoms with van der Waals surface area (Å²) in [5.41, 5.74) is 2.48. The lowest BCUT2D eigenvalue weighted by atomic mass is 10.0. The van der Waals surface area contributed by atoms with Gasteiger partial charge >= 0.3 is 5.97 Å². The SMILES string of the molecule is CCOC(=O)c1ccccc1N/C=C(/C#N)C(=O)NC(C)c1cc(C)ccc1OCC. The van der Waals surface area contributed by atoms with Crippen LogP contribution in [0.2, 0.25) is 0 Å². The van der Waals surface area contributed by atoms with E-state index in [1.165, 1.54) is 6.20 Å². The van der Waals surface area contributed by atoms with E-state index in [1.54, 1.807) is 31.2 Å². The van der Waals surface area contributed by atoms with E-state index >= 15 is 0 Å². The number of hydrogen-bond donors (Lipinski definition) is 2. The smallest absolute Gasteiger partial charge is 0.340 e. The number of rotatable bonds is 9. The van der Waals surface area contributed by atoms with Crippen molar-refractivity contribution in [1.82, 2.24) is 5.32 Å². The second kappa shape index (κ2) is 11.4. The highest BCUT2D eigenvalue weighted by Crippen LogP contribution is 2.26. The van der Waals surface area contributed by atoms with Crippen LogP contribution in [0, 0.1) is 18.3 Å². The summed E-state index contributed by atoms with van der Waals surface area (Å²) in [7, 11) is 0. The van der Waals surface area contributed by atoms with Gasteiger partial charge in [0.15, 0.2) is 0 Å². The van der Waals surface area contributed by atoms with Gasteiger partial charge in [0.1, 0.15) is 17.4 Å². The minimum absolute atomic E-state index is 0.129. The Morgan fingerprint density at radius 3 is 2.58 bits per heavy atom. The van der Waals surface area contributed by atoms with E-state index in [0.717, 1.165) is 11.1 Å². The van der Waals surface area contributed by atoms with Crippen molar-refractivity contribution in [2.45, 2.75) is 33.7 Å². The van der Waals surface area contributed by atoms with Gasteiger partial charge in [0.05, 0.1) is 30.5 Å². The van der Waals surface area contributed by atoms with E-state index in [2.05, 4.69) is 10.6 Å². The second-order valence-electron chi connectivity index (χ2n) is 6.75. The molecular weight excluding hydrogens is 394 g/mol. The molecule has 162 valence electrons. The zero-order valence-corrected chi connectivity index (χ0v) is 18.2. The molecule has 0 radical (unpaired) electrons. The van der Waals surface area contributed by atoms with Gasteiger partial charge in [-0.25, -0.2) is 4.79 Å². The Hall–Kier alpha value is -3.79. The molecule has 2 N–H and O–H groups in total. The highest BCUT2D eigenvalue weighted by Gasteiger charge is 2.18. The molecule has 0 aliphatic heterocycles. The van der Waals surface area contributed by atoms with Crippen LogP contribution < -0.4 is 15.4 Å². The number of benzene rings is 2. The molecule has 2 aromatic rings. The maximum absolute atomic E-state index is 12.7. The summed E-state index contributed by atoms with van der Waals surface area (Å²) in [4.78, 5) is 24.8. The molecule has 0 aliphatic carbocycles. The maximum Gasteiger partial charge on any atom is 0.340 e. The molecular formula is C24H27N3O4. The van der Waals surface area contributed by atoms with E-state index < -0.39 is 11.9 Å². The molecule has 2 rings (SSSR count). The first kappa shape index (κ1) is 23.5. The van der Waals surface area contributed by atoms with Crippen LogP contribution in [-0.2, 0) is 9.53 Å². The van der Waals surface area contributed by atoms with Gasteiger partial charge in [-0.2, -0.15) is 5.26 Å². The van der Waals surface area contributed by atoms with E-state index in [-0.39, 0.29) is 18.2 Å². The summed E-state index contributed by atoms with van der Waals surface area (Å²) in [6.07, 6.45) is 1.28. The fourth-order valence-electron chi connectivity index (χ4n) is 2.94. The predicted molar refractivity (Wildman–Crippen MR) is 119 cm³/mol. The number of ether oxygens (including phenoxy) is 2. The standard InChI is InChI=1S/C24H27N3O4/c1-5-30-22-12-11-16(3)13-20(22)17(4)27-23(28)18(14-25)15-26-21-10-8-7-9-19(21)24(29)31-6-2/h7-13,15,17,26H,5-6H2,1-4H3,(H,27,28)/b18-15-. The number of anilines is 1. The summed E-state index contributed by atoms with van der Waals surface area (Å²) in [5.74, 6) is -0.344. The molecule has 0 saturated heterocycles. The Kier molecular flexibility index (Phi) is 8.64. The maximum atomic E-state index is 12.7. The summed E-state index contributed by atoms with van der Waals surface area (Å²) >= 11 is 0. The van der Waals surface area contributed by atoms with E-state index in [1.807, 2.05) is 45.0 Å². The number of para-hydroxylation sites is 1. The average molecular weight is 421 g/mol. The number of amides is 1. The van der Waals surface area contributed by atoms with Crippen LogP contribution in [0.3, 0.4) is 0 Å². The number of nitrogens with one attached hydrogen (secondary N) is 2. The molecule has 0 bridgehead atoms. The molecule has 7 heteroatoms. The van der Waals surface area contributed by atoms with Crippen molar-refractivity contribution in [2.75, 3.05) is 18.5 Å². The van der Waals surface area contributed by atoms with Crippen molar-refractivity contribution < 1.29 is 19.1 Å². The van der Waals surface area contributed by atoms with E-state index in [4.69, 9.17) is 9.47 Å². The van der Waals surface area contributed by atoms with Crippen molar-refractivity contribution in [3.8, 4) is 11.8 Å². The van der Waals surface area contributed by atoms with Gasteiger partial charge in [0.25, 0.3) is 5.91 Å². The molecule has 1 unspecified atom stereocenters. The molecule has 0 aromatic heterocycles. The topological polar surface area (TPSA) is 100 Å². The largest absolute Gasteiger partial charge is 0.494 e. The third-order valence-corrected chi connectivity index (χ3v) is 4.44. The molecule has 31 heavy (non-hydrogen) atoms. The zero-order valence-electron chi connectivity index (χ0n) is 18.2. The molecule has 0 aliphatic rings. The molecule has 1 atom stereocenters. The van der Waals surface area contributed by atoms with Gasteiger partial charge in [0, 0.05) is 11.8 Å². The van der Waals surface area contributed by atoms with Gasteiger partial charge in [-0.15, -0.1) is 0 Å². The first-order valence-corrected chi connectivity index (χ1v) is 10.1. The van der Waals surface area contributed by atoms with Crippen LogP contribution in [0.5, 0.6) is 5.75 Å². The summed E-state index contributed by atoms with van der Waals surface area (Å²) < 4.78 is 10.7. The van der Waals surface area contributed by atoms with Crippen LogP contribution in [-0.4, -0.2) is 25.1 Å². The summed E-state index contributed by atoms with van der Waals surface area (Å²) in [5, 5.41) is 15.2. The number of carbonyl (C=O) groups excluding carboxylic acids is 2. The lowest BCUT2D eigenvalue weighted by molar-refractivity contribution is -0.117. The van der Waals surface area contributed by atoms with Crippen molar-refractivity contribution in [3.05, 3.63) is 70.9 Å². The third kappa shape index (κ3) is 6.34. The Morgan fingerprint density at radius 2 is 1.90 bits per heavy atom. The predicted octanol–water partition coefficient (Wildman–Crippen LogP) is 4.27. The number of carbonyl (C=O) groups is 2. The molecule has 0 saturated carbocycles. The van der Waals surface area contributed by atoms with Crippen molar-refractivity contribution >= 4 is 17.6 Å². The van der Waals surface area contributed by atoms with E-state index in [9.17, 15) is 14.9 Å². The second-order valence-corrected chi connectivity index (χ2v) is 6.75. The first-order valence-electron chi connectivity index (χ1n) is 10.1. The average Bonchev–Trinajstić information content (AvgIpc) is 2.76. The van der Waals surface area contributed by atoms with Gasteiger partial charge in [0.2, 0.25) is 0 Å². The number of nitriles is 1. The summed E-state index contributed by atoms with van der Waals surface area (Å²) in [6.45, 7) is 8.15.